The van der Waals surface area contributed by atoms with Crippen LogP contribution in [0.1, 0.15) is 11.1 Å². The van der Waals surface area contributed by atoms with Crippen LogP contribution in [0.4, 0.5) is 8.78 Å². The van der Waals surface area contributed by atoms with E-state index in [9.17, 15) is 13.6 Å². The van der Waals surface area contributed by atoms with Crippen molar-refractivity contribution in [2.24, 2.45) is 4.99 Å². The first kappa shape index (κ1) is 13.2. The molecule has 1 aliphatic rings. The van der Waals surface area contributed by atoms with Crippen molar-refractivity contribution in [3.05, 3.63) is 77.0 Å². The maximum absolute atomic E-state index is 13.1. The lowest BCUT2D eigenvalue weighted by Gasteiger charge is -1.98. The molecule has 0 saturated carbocycles. The lowest BCUT2D eigenvalue weighted by atomic mass is 10.2. The van der Waals surface area contributed by atoms with Crippen molar-refractivity contribution in [3.63, 3.8) is 0 Å². The molecule has 0 radical (unpaired) electrons. The molecule has 0 unspecified atom stereocenters. The van der Waals surface area contributed by atoms with Crippen LogP contribution in [0.15, 0.2) is 59.2 Å². The minimum atomic E-state index is -0.626. The summed E-state index contributed by atoms with van der Waals surface area (Å²) in [4.78, 5) is 15.8. The van der Waals surface area contributed by atoms with E-state index in [0.29, 0.717) is 11.1 Å². The molecular formula is C16H9F2NO2. The Balaban J connectivity index is 1.93. The average Bonchev–Trinajstić information content (AvgIpc) is 2.81. The van der Waals surface area contributed by atoms with Gasteiger partial charge in [0.1, 0.15) is 11.6 Å². The SMILES string of the molecule is O=C1OC(c2ccc(F)cc2)=N/C1=C/c1cccc(F)c1. The minimum Gasteiger partial charge on any atom is -0.402 e. The number of esters is 1. The van der Waals surface area contributed by atoms with Gasteiger partial charge < -0.3 is 4.74 Å². The number of carbonyl (C=O) groups is 1. The summed E-state index contributed by atoms with van der Waals surface area (Å²) < 4.78 is 31.0. The number of halogens is 2. The van der Waals surface area contributed by atoms with Crippen molar-refractivity contribution < 1.29 is 18.3 Å². The van der Waals surface area contributed by atoms with Gasteiger partial charge in [-0.3, -0.25) is 0 Å². The highest BCUT2D eigenvalue weighted by atomic mass is 19.1. The molecule has 3 rings (SSSR count). The van der Waals surface area contributed by atoms with Gasteiger partial charge >= 0.3 is 5.97 Å². The van der Waals surface area contributed by atoms with Crippen molar-refractivity contribution in [2.75, 3.05) is 0 Å². The average molecular weight is 285 g/mol. The van der Waals surface area contributed by atoms with Crippen molar-refractivity contribution in [3.8, 4) is 0 Å². The zero-order chi connectivity index (χ0) is 14.8. The zero-order valence-corrected chi connectivity index (χ0v) is 10.7. The molecule has 0 saturated heterocycles. The van der Waals surface area contributed by atoms with Crippen LogP contribution in [0.5, 0.6) is 0 Å². The van der Waals surface area contributed by atoms with Gasteiger partial charge in [-0.15, -0.1) is 0 Å². The molecule has 2 aromatic carbocycles. The quantitative estimate of drug-likeness (QED) is 0.627. The van der Waals surface area contributed by atoms with E-state index in [4.69, 9.17) is 4.74 Å². The van der Waals surface area contributed by atoms with Crippen molar-refractivity contribution in [2.45, 2.75) is 0 Å². The summed E-state index contributed by atoms with van der Waals surface area (Å²) in [6.45, 7) is 0. The topological polar surface area (TPSA) is 38.7 Å². The van der Waals surface area contributed by atoms with E-state index in [1.165, 1.54) is 48.5 Å². The number of aliphatic imine (C=N–C) groups is 1. The molecule has 2 aromatic rings. The van der Waals surface area contributed by atoms with E-state index >= 15 is 0 Å². The highest BCUT2D eigenvalue weighted by molar-refractivity contribution is 6.12. The molecule has 0 N–H and O–H groups in total. The van der Waals surface area contributed by atoms with Crippen LogP contribution in [-0.4, -0.2) is 11.9 Å². The first-order chi connectivity index (χ1) is 10.1. The van der Waals surface area contributed by atoms with Crippen LogP contribution in [0, 0.1) is 11.6 Å². The van der Waals surface area contributed by atoms with Crippen LogP contribution < -0.4 is 0 Å². The fraction of sp³-hybridized carbons (Fsp3) is 0. The molecule has 3 nitrogen and oxygen atoms in total. The van der Waals surface area contributed by atoms with Gasteiger partial charge in [-0.2, -0.15) is 0 Å². The molecule has 5 heteroatoms. The normalized spacial score (nSPS) is 16.0. The third-order valence-electron chi connectivity index (χ3n) is 2.86. The van der Waals surface area contributed by atoms with Gasteiger partial charge in [0.25, 0.3) is 0 Å². The van der Waals surface area contributed by atoms with Gasteiger partial charge in [0.2, 0.25) is 5.90 Å². The number of nitrogens with zero attached hydrogens (tertiary/aromatic N) is 1. The van der Waals surface area contributed by atoms with Crippen LogP contribution in [0.3, 0.4) is 0 Å². The van der Waals surface area contributed by atoms with E-state index in [1.807, 2.05) is 0 Å². The fourth-order valence-electron chi connectivity index (χ4n) is 1.88. The van der Waals surface area contributed by atoms with Crippen molar-refractivity contribution >= 4 is 17.9 Å². The number of benzene rings is 2. The zero-order valence-electron chi connectivity index (χ0n) is 10.7. The Bertz CT molecular complexity index is 764. The second kappa shape index (κ2) is 5.28. The van der Waals surface area contributed by atoms with E-state index < -0.39 is 11.8 Å². The van der Waals surface area contributed by atoms with Crippen molar-refractivity contribution in [1.29, 1.82) is 0 Å². The Kier molecular flexibility index (Phi) is 3.31. The standard InChI is InChI=1S/C16H9F2NO2/c17-12-6-4-11(5-7-12)15-19-14(16(20)21-15)9-10-2-1-3-13(18)8-10/h1-9H/b14-9+. The van der Waals surface area contributed by atoms with Crippen molar-refractivity contribution in [1.82, 2.24) is 0 Å². The third kappa shape index (κ3) is 2.86. The molecule has 0 atom stereocenters. The maximum atomic E-state index is 13.1. The summed E-state index contributed by atoms with van der Waals surface area (Å²) in [6, 6.07) is 11.2. The third-order valence-corrected chi connectivity index (χ3v) is 2.86. The highest BCUT2D eigenvalue weighted by Gasteiger charge is 2.24. The Morgan fingerprint density at radius 2 is 1.76 bits per heavy atom. The number of hydrogen-bond donors (Lipinski definition) is 0. The van der Waals surface area contributed by atoms with E-state index in [1.54, 1.807) is 6.07 Å². The van der Waals surface area contributed by atoms with Crippen LogP contribution in [0.25, 0.3) is 6.08 Å². The molecule has 1 heterocycles. The molecule has 0 spiro atoms. The molecular weight excluding hydrogens is 276 g/mol. The smallest absolute Gasteiger partial charge is 0.363 e. The Morgan fingerprint density at radius 3 is 2.48 bits per heavy atom. The summed E-state index contributed by atoms with van der Waals surface area (Å²) in [6.07, 6.45) is 1.43. The summed E-state index contributed by atoms with van der Waals surface area (Å²) >= 11 is 0. The van der Waals surface area contributed by atoms with Gasteiger partial charge in [0.05, 0.1) is 0 Å². The van der Waals surface area contributed by atoms with Crippen LogP contribution in [-0.2, 0) is 9.53 Å². The highest BCUT2D eigenvalue weighted by Crippen LogP contribution is 2.19. The lowest BCUT2D eigenvalue weighted by Crippen LogP contribution is -2.05. The van der Waals surface area contributed by atoms with E-state index in [0.717, 1.165) is 0 Å². The lowest BCUT2D eigenvalue weighted by molar-refractivity contribution is -0.129. The van der Waals surface area contributed by atoms with E-state index in [2.05, 4.69) is 4.99 Å². The minimum absolute atomic E-state index is 0.0694. The monoisotopic (exact) mass is 285 g/mol. The number of hydrogen-bond acceptors (Lipinski definition) is 3. The number of cyclic esters (lactones) is 1. The molecule has 1 aliphatic heterocycles. The molecule has 0 aromatic heterocycles. The summed E-state index contributed by atoms with van der Waals surface area (Å²) in [5.74, 6) is -1.32. The number of rotatable bonds is 2. The second-order valence-corrected chi connectivity index (χ2v) is 4.40. The predicted molar refractivity (Wildman–Crippen MR) is 73.4 cm³/mol. The summed E-state index contributed by atoms with van der Waals surface area (Å²) in [7, 11) is 0. The predicted octanol–water partition coefficient (Wildman–Crippen LogP) is 3.31. The first-order valence-electron chi connectivity index (χ1n) is 6.16. The van der Waals surface area contributed by atoms with Crippen LogP contribution >= 0.6 is 0 Å². The maximum Gasteiger partial charge on any atom is 0.363 e. The first-order valence-corrected chi connectivity index (χ1v) is 6.16. The van der Waals surface area contributed by atoms with Gasteiger partial charge in [-0.05, 0) is 48.0 Å². The summed E-state index contributed by atoms with van der Waals surface area (Å²) in [5.41, 5.74) is 1.07. The molecule has 0 aliphatic carbocycles. The molecule has 21 heavy (non-hydrogen) atoms. The Labute approximate surface area is 119 Å². The van der Waals surface area contributed by atoms with Gasteiger partial charge in [-0.1, -0.05) is 12.1 Å². The van der Waals surface area contributed by atoms with Gasteiger partial charge in [-0.25, -0.2) is 18.6 Å². The molecule has 0 fully saturated rings. The van der Waals surface area contributed by atoms with Gasteiger partial charge in [0.15, 0.2) is 5.70 Å². The van der Waals surface area contributed by atoms with Gasteiger partial charge in [0, 0.05) is 5.56 Å². The summed E-state index contributed by atoms with van der Waals surface area (Å²) in [5, 5.41) is 0. The fourth-order valence-corrected chi connectivity index (χ4v) is 1.88. The molecule has 0 bridgehead atoms. The van der Waals surface area contributed by atoms with Crippen LogP contribution in [0.2, 0.25) is 0 Å². The molecule has 0 amide bonds. The number of carbonyl (C=O) groups excluding carboxylic acids is 1. The Hall–Kier alpha value is -2.82. The second-order valence-electron chi connectivity index (χ2n) is 4.40. The Morgan fingerprint density at radius 1 is 1.00 bits per heavy atom. The number of ether oxygens (including phenoxy) is 1. The largest absolute Gasteiger partial charge is 0.402 e. The van der Waals surface area contributed by atoms with E-state index in [-0.39, 0.29) is 17.4 Å². The molecule has 104 valence electrons.